The van der Waals surface area contributed by atoms with Crippen molar-refractivity contribution < 1.29 is 13.2 Å². The van der Waals surface area contributed by atoms with Crippen LogP contribution in [0.15, 0.2) is 16.6 Å². The predicted octanol–water partition coefficient (Wildman–Crippen LogP) is 4.07. The normalized spacial score (nSPS) is 15.6. The summed E-state index contributed by atoms with van der Waals surface area (Å²) < 4.78 is 39.0. The van der Waals surface area contributed by atoms with Crippen molar-refractivity contribution in [1.82, 2.24) is 4.90 Å². The van der Waals surface area contributed by atoms with Gasteiger partial charge in [-0.2, -0.15) is 18.4 Å². The average molecular weight is 416 g/mol. The van der Waals surface area contributed by atoms with Crippen molar-refractivity contribution in [3.63, 3.8) is 0 Å². The van der Waals surface area contributed by atoms with Crippen molar-refractivity contribution in [2.75, 3.05) is 25.0 Å². The summed E-state index contributed by atoms with van der Waals surface area (Å²) in [5.41, 5.74) is -0.420. The van der Waals surface area contributed by atoms with Crippen molar-refractivity contribution in [2.45, 2.75) is 19.0 Å². The number of benzene rings is 1. The maximum absolute atomic E-state index is 12.9. The zero-order valence-electron chi connectivity index (χ0n) is 13.5. The molecule has 0 aliphatic carbocycles. The van der Waals surface area contributed by atoms with Crippen molar-refractivity contribution >= 4 is 33.8 Å². The standard InChI is InChI=1S/C16H17BrF3N5/c1-24(9-22)15(23)10-2-4-25(5-3-10)14-11(8-21)6-12(7-13(14)17)16(18,19)20/h6-7,9-10,22-23H,2-5H2,1H3. The molecule has 9 heteroatoms. The molecule has 1 aliphatic rings. The molecule has 0 bridgehead atoms. The molecular formula is C16H17BrF3N5. The van der Waals surface area contributed by atoms with Crippen LogP contribution in [0.5, 0.6) is 0 Å². The first-order valence-electron chi connectivity index (χ1n) is 7.56. The summed E-state index contributed by atoms with van der Waals surface area (Å²) in [5, 5.41) is 24.5. The van der Waals surface area contributed by atoms with Gasteiger partial charge in [0.2, 0.25) is 0 Å². The SMILES string of the molecule is CN(C=N)C(=N)C1CCN(c2c(Br)cc(C(F)(F)F)cc2C#N)CC1. The van der Waals surface area contributed by atoms with Crippen LogP contribution >= 0.6 is 15.9 Å². The molecule has 5 nitrogen and oxygen atoms in total. The van der Waals surface area contributed by atoms with Gasteiger partial charge in [0.25, 0.3) is 0 Å². The zero-order chi connectivity index (χ0) is 18.8. The molecule has 0 unspecified atom stereocenters. The number of alkyl halides is 3. The topological polar surface area (TPSA) is 78.0 Å². The first-order valence-corrected chi connectivity index (χ1v) is 8.36. The Hall–Kier alpha value is -2.08. The summed E-state index contributed by atoms with van der Waals surface area (Å²) in [7, 11) is 1.64. The van der Waals surface area contributed by atoms with Gasteiger partial charge in [-0.05, 0) is 40.9 Å². The van der Waals surface area contributed by atoms with Crippen LogP contribution in [0.2, 0.25) is 0 Å². The molecule has 134 valence electrons. The van der Waals surface area contributed by atoms with Gasteiger partial charge in [0.05, 0.1) is 23.2 Å². The van der Waals surface area contributed by atoms with Crippen LogP contribution in [-0.2, 0) is 6.18 Å². The van der Waals surface area contributed by atoms with Gasteiger partial charge in [0.1, 0.15) is 11.9 Å². The van der Waals surface area contributed by atoms with Gasteiger partial charge in [0.15, 0.2) is 0 Å². The van der Waals surface area contributed by atoms with Crippen LogP contribution in [0.1, 0.15) is 24.0 Å². The second-order valence-corrected chi connectivity index (χ2v) is 6.70. The van der Waals surface area contributed by atoms with Gasteiger partial charge in [-0.3, -0.25) is 10.8 Å². The van der Waals surface area contributed by atoms with Gasteiger partial charge in [-0.1, -0.05) is 0 Å². The molecule has 0 atom stereocenters. The van der Waals surface area contributed by atoms with Crippen molar-refractivity contribution in [1.29, 1.82) is 16.1 Å². The predicted molar refractivity (Wildman–Crippen MR) is 93.1 cm³/mol. The smallest absolute Gasteiger partial charge is 0.370 e. The fourth-order valence-corrected chi connectivity index (χ4v) is 3.61. The third-order valence-electron chi connectivity index (χ3n) is 4.28. The minimum absolute atomic E-state index is 0.0124. The highest BCUT2D eigenvalue weighted by atomic mass is 79.9. The summed E-state index contributed by atoms with van der Waals surface area (Å²) in [4.78, 5) is 3.31. The number of hydrogen-bond acceptors (Lipinski definition) is 4. The molecule has 1 aromatic carbocycles. The molecule has 1 aromatic rings. The Labute approximate surface area is 152 Å². The van der Waals surface area contributed by atoms with E-state index in [4.69, 9.17) is 10.8 Å². The molecule has 1 aliphatic heterocycles. The number of amidine groups is 1. The third kappa shape index (κ3) is 4.12. The zero-order valence-corrected chi connectivity index (χ0v) is 15.1. The lowest BCUT2D eigenvalue weighted by Gasteiger charge is -2.36. The Kier molecular flexibility index (Phi) is 5.72. The number of rotatable bonds is 3. The van der Waals surface area contributed by atoms with Gasteiger partial charge < -0.3 is 9.80 Å². The lowest BCUT2D eigenvalue weighted by Crippen LogP contribution is -2.41. The molecule has 0 saturated carbocycles. The van der Waals surface area contributed by atoms with Crippen LogP contribution in [0.4, 0.5) is 18.9 Å². The lowest BCUT2D eigenvalue weighted by atomic mass is 9.94. The number of halogens is 4. The molecule has 25 heavy (non-hydrogen) atoms. The molecule has 2 N–H and O–H groups in total. The summed E-state index contributed by atoms with van der Waals surface area (Å²) in [5.74, 6) is 0.336. The first kappa shape index (κ1) is 19.2. The molecule has 1 fully saturated rings. The number of nitrogens with zero attached hydrogens (tertiary/aromatic N) is 3. The van der Waals surface area contributed by atoms with E-state index in [1.165, 1.54) is 4.90 Å². The number of piperidine rings is 1. The summed E-state index contributed by atoms with van der Waals surface area (Å²) in [6, 6.07) is 3.72. The fourth-order valence-electron chi connectivity index (χ4n) is 2.90. The maximum atomic E-state index is 12.9. The van der Waals surface area contributed by atoms with Crippen LogP contribution in [-0.4, -0.2) is 37.2 Å². The van der Waals surface area contributed by atoms with E-state index in [0.717, 1.165) is 18.5 Å². The largest absolute Gasteiger partial charge is 0.416 e. The van der Waals surface area contributed by atoms with Crippen LogP contribution in [0.3, 0.4) is 0 Å². The summed E-state index contributed by atoms with van der Waals surface area (Å²) >= 11 is 3.17. The molecule has 0 spiro atoms. The Balaban J connectivity index is 2.23. The Morgan fingerprint density at radius 2 is 2.00 bits per heavy atom. The van der Waals surface area contributed by atoms with E-state index >= 15 is 0 Å². The fraction of sp³-hybridized carbons (Fsp3) is 0.438. The number of anilines is 1. The first-order chi connectivity index (χ1) is 11.7. The summed E-state index contributed by atoms with van der Waals surface area (Å²) in [6.07, 6.45) is -2.16. The Morgan fingerprint density at radius 1 is 1.40 bits per heavy atom. The lowest BCUT2D eigenvalue weighted by molar-refractivity contribution is -0.137. The maximum Gasteiger partial charge on any atom is 0.416 e. The molecule has 0 radical (unpaired) electrons. The third-order valence-corrected chi connectivity index (χ3v) is 4.89. The quantitative estimate of drug-likeness (QED) is 0.576. The van der Waals surface area contributed by atoms with Crippen molar-refractivity contribution in [3.8, 4) is 6.07 Å². The number of nitriles is 1. The Bertz CT molecular complexity index is 718. The van der Waals surface area contributed by atoms with Crippen LogP contribution < -0.4 is 4.90 Å². The van der Waals surface area contributed by atoms with E-state index in [0.29, 0.717) is 37.5 Å². The highest BCUT2D eigenvalue weighted by molar-refractivity contribution is 9.10. The van der Waals surface area contributed by atoms with Gasteiger partial charge >= 0.3 is 6.18 Å². The highest BCUT2D eigenvalue weighted by Crippen LogP contribution is 2.39. The monoisotopic (exact) mass is 415 g/mol. The second-order valence-electron chi connectivity index (χ2n) is 5.85. The van der Waals surface area contributed by atoms with E-state index in [1.807, 2.05) is 11.0 Å². The van der Waals surface area contributed by atoms with E-state index in [9.17, 15) is 18.4 Å². The van der Waals surface area contributed by atoms with Crippen molar-refractivity contribution in [3.05, 3.63) is 27.7 Å². The van der Waals surface area contributed by atoms with E-state index in [-0.39, 0.29) is 16.0 Å². The minimum Gasteiger partial charge on any atom is -0.370 e. The van der Waals surface area contributed by atoms with Crippen LogP contribution in [0.25, 0.3) is 0 Å². The molecule has 0 amide bonds. The molecule has 2 rings (SSSR count). The Morgan fingerprint density at radius 3 is 2.48 bits per heavy atom. The summed E-state index contributed by atoms with van der Waals surface area (Å²) in [6.45, 7) is 1.05. The second kappa shape index (κ2) is 7.44. The molecular weight excluding hydrogens is 399 g/mol. The van der Waals surface area contributed by atoms with E-state index < -0.39 is 11.7 Å². The van der Waals surface area contributed by atoms with E-state index in [2.05, 4.69) is 15.9 Å². The molecule has 0 aromatic heterocycles. The van der Waals surface area contributed by atoms with E-state index in [1.54, 1.807) is 7.05 Å². The average Bonchev–Trinajstić information content (AvgIpc) is 2.59. The van der Waals surface area contributed by atoms with Gasteiger partial charge in [-0.25, -0.2) is 0 Å². The minimum atomic E-state index is -4.51. The number of nitrogens with one attached hydrogen (secondary N) is 2. The van der Waals surface area contributed by atoms with Gasteiger partial charge in [0, 0.05) is 30.5 Å². The number of hydrogen-bond donors (Lipinski definition) is 2. The van der Waals surface area contributed by atoms with Crippen LogP contribution in [0, 0.1) is 28.1 Å². The highest BCUT2D eigenvalue weighted by Gasteiger charge is 2.33. The molecule has 1 saturated heterocycles. The van der Waals surface area contributed by atoms with Crippen molar-refractivity contribution in [2.24, 2.45) is 5.92 Å². The van der Waals surface area contributed by atoms with Gasteiger partial charge in [-0.15, -0.1) is 0 Å². The molecule has 1 heterocycles.